The second kappa shape index (κ2) is 8.24. The van der Waals surface area contributed by atoms with Gasteiger partial charge in [0.1, 0.15) is 5.69 Å². The first-order chi connectivity index (χ1) is 11.5. The summed E-state index contributed by atoms with van der Waals surface area (Å²) in [5.74, 6) is -1.33. The number of aromatic nitrogens is 1. The van der Waals surface area contributed by atoms with Crippen molar-refractivity contribution in [3.63, 3.8) is 0 Å². The Labute approximate surface area is 142 Å². The van der Waals surface area contributed by atoms with Crippen molar-refractivity contribution in [2.24, 2.45) is 0 Å². The van der Waals surface area contributed by atoms with Crippen molar-refractivity contribution in [1.29, 1.82) is 0 Å². The van der Waals surface area contributed by atoms with Crippen LogP contribution >= 0.6 is 0 Å². The second-order valence-electron chi connectivity index (χ2n) is 6.41. The monoisotopic (exact) mass is 334 g/mol. The van der Waals surface area contributed by atoms with E-state index in [0.717, 1.165) is 32.1 Å². The molecule has 0 radical (unpaired) electrons. The predicted octanol–water partition coefficient (Wildman–Crippen LogP) is 2.95. The van der Waals surface area contributed by atoms with E-state index in [1.807, 2.05) is 0 Å². The van der Waals surface area contributed by atoms with Crippen LogP contribution < -0.4 is 5.32 Å². The average molecular weight is 334 g/mol. The Hall–Kier alpha value is -1.95. The SMILES string of the molecule is CCCOC1(CNC(=O)c2ccc(C(=O)O)c(C)n2)CCCCC1. The zero-order chi connectivity index (χ0) is 17.6. The van der Waals surface area contributed by atoms with Crippen molar-refractivity contribution in [2.75, 3.05) is 13.2 Å². The number of nitrogens with one attached hydrogen (secondary N) is 1. The van der Waals surface area contributed by atoms with E-state index in [9.17, 15) is 9.59 Å². The summed E-state index contributed by atoms with van der Waals surface area (Å²) in [5, 5.41) is 11.9. The first-order valence-electron chi connectivity index (χ1n) is 8.60. The molecule has 0 atom stereocenters. The van der Waals surface area contributed by atoms with Crippen LogP contribution in [-0.2, 0) is 4.74 Å². The van der Waals surface area contributed by atoms with Gasteiger partial charge >= 0.3 is 5.97 Å². The van der Waals surface area contributed by atoms with E-state index in [1.54, 1.807) is 6.92 Å². The lowest BCUT2D eigenvalue weighted by molar-refractivity contribution is -0.0669. The molecule has 2 N–H and O–H groups in total. The highest BCUT2D eigenvalue weighted by Crippen LogP contribution is 2.31. The number of rotatable bonds is 7. The first kappa shape index (κ1) is 18.4. The van der Waals surface area contributed by atoms with E-state index in [1.165, 1.54) is 18.6 Å². The number of carbonyl (C=O) groups is 2. The van der Waals surface area contributed by atoms with Crippen LogP contribution in [0.4, 0.5) is 0 Å². The molecule has 24 heavy (non-hydrogen) atoms. The van der Waals surface area contributed by atoms with Gasteiger partial charge in [-0.3, -0.25) is 4.79 Å². The third kappa shape index (κ3) is 4.54. The summed E-state index contributed by atoms with van der Waals surface area (Å²) in [6, 6.07) is 2.87. The highest BCUT2D eigenvalue weighted by molar-refractivity contribution is 5.94. The van der Waals surface area contributed by atoms with Gasteiger partial charge in [-0.15, -0.1) is 0 Å². The number of carbonyl (C=O) groups excluding carboxylic acids is 1. The standard InChI is InChI=1S/C18H26N2O4/c1-3-11-24-18(9-5-4-6-10-18)12-19-16(21)15-8-7-14(17(22)23)13(2)20-15/h7-8H,3-6,9-12H2,1-2H3,(H,19,21)(H,22,23). The van der Waals surface area contributed by atoms with Crippen molar-refractivity contribution in [3.05, 3.63) is 29.1 Å². The van der Waals surface area contributed by atoms with E-state index in [2.05, 4.69) is 17.2 Å². The van der Waals surface area contributed by atoms with Crippen LogP contribution in [0.5, 0.6) is 0 Å². The average Bonchev–Trinajstić information content (AvgIpc) is 2.58. The Morgan fingerprint density at radius 2 is 2.00 bits per heavy atom. The topological polar surface area (TPSA) is 88.5 Å². The number of ether oxygens (including phenoxy) is 1. The van der Waals surface area contributed by atoms with Gasteiger partial charge in [0, 0.05) is 13.2 Å². The Balaban J connectivity index is 2.02. The van der Waals surface area contributed by atoms with Crippen molar-refractivity contribution in [1.82, 2.24) is 10.3 Å². The Morgan fingerprint density at radius 3 is 2.58 bits per heavy atom. The molecule has 1 aliphatic carbocycles. The van der Waals surface area contributed by atoms with Gasteiger partial charge in [-0.05, 0) is 38.3 Å². The van der Waals surface area contributed by atoms with Crippen LogP contribution in [0, 0.1) is 6.92 Å². The molecule has 0 unspecified atom stereocenters. The maximum absolute atomic E-state index is 12.4. The van der Waals surface area contributed by atoms with Crippen LogP contribution in [0.1, 0.15) is 72.0 Å². The molecule has 1 saturated carbocycles. The van der Waals surface area contributed by atoms with Crippen LogP contribution in [0.2, 0.25) is 0 Å². The van der Waals surface area contributed by atoms with E-state index in [0.29, 0.717) is 18.8 Å². The van der Waals surface area contributed by atoms with Crippen molar-refractivity contribution in [2.45, 2.75) is 58.0 Å². The Kier molecular flexibility index (Phi) is 6.31. The van der Waals surface area contributed by atoms with Crippen molar-refractivity contribution < 1.29 is 19.4 Å². The summed E-state index contributed by atoms with van der Waals surface area (Å²) >= 11 is 0. The number of nitrogens with zero attached hydrogens (tertiary/aromatic N) is 1. The third-order valence-corrected chi connectivity index (χ3v) is 4.50. The van der Waals surface area contributed by atoms with Crippen LogP contribution in [0.25, 0.3) is 0 Å². The van der Waals surface area contributed by atoms with Crippen LogP contribution in [0.3, 0.4) is 0 Å². The molecule has 6 heteroatoms. The molecule has 1 fully saturated rings. The number of aryl methyl sites for hydroxylation is 1. The van der Waals surface area contributed by atoms with Crippen LogP contribution in [-0.4, -0.2) is 40.7 Å². The normalized spacial score (nSPS) is 16.6. The molecule has 0 bridgehead atoms. The lowest BCUT2D eigenvalue weighted by Gasteiger charge is -2.37. The molecule has 1 aromatic heterocycles. The minimum Gasteiger partial charge on any atom is -0.478 e. The summed E-state index contributed by atoms with van der Waals surface area (Å²) < 4.78 is 6.07. The molecule has 0 spiro atoms. The van der Waals surface area contributed by atoms with Crippen LogP contribution in [0.15, 0.2) is 12.1 Å². The Bertz CT molecular complexity index is 595. The number of amides is 1. The van der Waals surface area contributed by atoms with Gasteiger partial charge in [0.25, 0.3) is 5.91 Å². The molecule has 132 valence electrons. The zero-order valence-electron chi connectivity index (χ0n) is 14.4. The van der Waals surface area contributed by atoms with E-state index >= 15 is 0 Å². The molecule has 1 amide bonds. The number of hydrogen-bond donors (Lipinski definition) is 2. The fraction of sp³-hybridized carbons (Fsp3) is 0.611. The molecule has 1 aromatic rings. The minimum atomic E-state index is -1.04. The maximum atomic E-state index is 12.4. The molecule has 0 aliphatic heterocycles. The number of carboxylic acid groups (broad SMARTS) is 1. The summed E-state index contributed by atoms with van der Waals surface area (Å²) in [5.41, 5.74) is 0.408. The predicted molar refractivity (Wildman–Crippen MR) is 90.3 cm³/mol. The van der Waals surface area contributed by atoms with E-state index in [-0.39, 0.29) is 22.8 Å². The fourth-order valence-corrected chi connectivity index (χ4v) is 3.13. The Morgan fingerprint density at radius 1 is 1.29 bits per heavy atom. The molecular formula is C18H26N2O4. The van der Waals surface area contributed by atoms with Gasteiger partial charge in [-0.1, -0.05) is 26.2 Å². The van der Waals surface area contributed by atoms with Crippen molar-refractivity contribution in [3.8, 4) is 0 Å². The van der Waals surface area contributed by atoms with E-state index < -0.39 is 5.97 Å². The number of carboxylic acids is 1. The number of pyridine rings is 1. The maximum Gasteiger partial charge on any atom is 0.337 e. The lowest BCUT2D eigenvalue weighted by atomic mass is 9.84. The molecular weight excluding hydrogens is 308 g/mol. The number of aromatic carboxylic acids is 1. The highest BCUT2D eigenvalue weighted by atomic mass is 16.5. The quantitative estimate of drug-likeness (QED) is 0.800. The number of hydrogen-bond acceptors (Lipinski definition) is 4. The molecule has 6 nitrogen and oxygen atoms in total. The summed E-state index contributed by atoms with van der Waals surface area (Å²) in [6.07, 6.45) is 6.31. The summed E-state index contributed by atoms with van der Waals surface area (Å²) in [7, 11) is 0. The fourth-order valence-electron chi connectivity index (χ4n) is 3.13. The highest BCUT2D eigenvalue weighted by Gasteiger charge is 2.33. The van der Waals surface area contributed by atoms with Gasteiger partial charge in [-0.2, -0.15) is 0 Å². The van der Waals surface area contributed by atoms with Gasteiger partial charge in [-0.25, -0.2) is 9.78 Å². The second-order valence-corrected chi connectivity index (χ2v) is 6.41. The minimum absolute atomic E-state index is 0.113. The molecule has 1 aliphatic rings. The third-order valence-electron chi connectivity index (χ3n) is 4.50. The summed E-state index contributed by atoms with van der Waals surface area (Å²) in [6.45, 7) is 4.83. The lowest BCUT2D eigenvalue weighted by Crippen LogP contribution is -2.46. The van der Waals surface area contributed by atoms with E-state index in [4.69, 9.17) is 9.84 Å². The zero-order valence-corrected chi connectivity index (χ0v) is 14.4. The van der Waals surface area contributed by atoms with Gasteiger partial charge in [0.15, 0.2) is 0 Å². The molecule has 0 saturated heterocycles. The van der Waals surface area contributed by atoms with Crippen molar-refractivity contribution >= 4 is 11.9 Å². The summed E-state index contributed by atoms with van der Waals surface area (Å²) in [4.78, 5) is 27.5. The molecule has 0 aromatic carbocycles. The smallest absolute Gasteiger partial charge is 0.337 e. The molecule has 2 rings (SSSR count). The largest absolute Gasteiger partial charge is 0.478 e. The molecule has 1 heterocycles. The first-order valence-corrected chi connectivity index (χ1v) is 8.60. The van der Waals surface area contributed by atoms with Gasteiger partial charge in [0.2, 0.25) is 0 Å². The van der Waals surface area contributed by atoms with Gasteiger partial charge < -0.3 is 15.2 Å². The van der Waals surface area contributed by atoms with Gasteiger partial charge in [0.05, 0.1) is 16.9 Å².